The highest BCUT2D eigenvalue weighted by Crippen LogP contribution is 2.40. The zero-order valence-electron chi connectivity index (χ0n) is 15.0. The molecule has 0 aliphatic rings. The molecule has 0 saturated heterocycles. The Bertz CT molecular complexity index is 1910. The molecule has 0 aliphatic heterocycles. The molecule has 134 valence electrons. The SMILES string of the molecule is O=c1c2ccc3c(=O)n4c5ccccc5c5cc6c7ccccc7n1c6c(c54)n23. The van der Waals surface area contributed by atoms with E-state index in [-0.39, 0.29) is 11.1 Å². The summed E-state index contributed by atoms with van der Waals surface area (Å²) in [5, 5.41) is 4.18. The van der Waals surface area contributed by atoms with Gasteiger partial charge in [0.1, 0.15) is 11.0 Å². The van der Waals surface area contributed by atoms with Crippen molar-refractivity contribution in [2.24, 2.45) is 0 Å². The van der Waals surface area contributed by atoms with Crippen LogP contribution in [0, 0.1) is 0 Å². The van der Waals surface area contributed by atoms with E-state index >= 15 is 0 Å². The monoisotopic (exact) mass is 373 g/mol. The Labute approximate surface area is 161 Å². The van der Waals surface area contributed by atoms with Crippen LogP contribution in [0.15, 0.2) is 76.3 Å². The Morgan fingerprint density at radius 1 is 0.448 bits per heavy atom. The average molecular weight is 373 g/mol. The Hall–Kier alpha value is -4.12. The largest absolute Gasteiger partial charge is 0.296 e. The second kappa shape index (κ2) is 4.15. The Kier molecular flexibility index (Phi) is 2.00. The normalized spacial score (nSPS) is 13.1. The molecule has 5 heteroatoms. The Balaban J connectivity index is 1.97. The third kappa shape index (κ3) is 1.27. The van der Waals surface area contributed by atoms with Gasteiger partial charge in [0.25, 0.3) is 11.1 Å². The van der Waals surface area contributed by atoms with Crippen LogP contribution in [-0.4, -0.2) is 13.2 Å². The Morgan fingerprint density at radius 3 is 1.45 bits per heavy atom. The summed E-state index contributed by atoms with van der Waals surface area (Å²) in [7, 11) is 0. The summed E-state index contributed by atoms with van der Waals surface area (Å²) in [6.45, 7) is 0. The maximum Gasteiger partial charge on any atom is 0.279 e. The minimum Gasteiger partial charge on any atom is -0.296 e. The minimum atomic E-state index is -0.0911. The van der Waals surface area contributed by atoms with E-state index in [1.54, 1.807) is 12.1 Å². The fraction of sp³-hybridized carbons (Fsp3) is 0. The standard InChI is InChI=1S/C24H11N3O2/c28-23-18-9-10-19-24(29)27-17-8-4-2-6-13(17)15-11-14-12-5-1-3-7-16(12)26(23)20(14)22(21(15)27)25(18)19/h1-11H. The highest BCUT2D eigenvalue weighted by atomic mass is 16.1. The number of rotatable bonds is 0. The van der Waals surface area contributed by atoms with Gasteiger partial charge in [-0.2, -0.15) is 0 Å². The van der Waals surface area contributed by atoms with Gasteiger partial charge in [-0.25, -0.2) is 0 Å². The molecule has 0 unspecified atom stereocenters. The van der Waals surface area contributed by atoms with Gasteiger partial charge in [0.15, 0.2) is 0 Å². The van der Waals surface area contributed by atoms with Gasteiger partial charge in [-0.3, -0.25) is 22.8 Å². The van der Waals surface area contributed by atoms with E-state index < -0.39 is 0 Å². The average Bonchev–Trinajstić information content (AvgIpc) is 3.42. The number of aromatic nitrogens is 3. The van der Waals surface area contributed by atoms with Gasteiger partial charge in [0.2, 0.25) is 0 Å². The van der Waals surface area contributed by atoms with E-state index in [1.165, 1.54) is 0 Å². The molecule has 0 amide bonds. The molecule has 5 heterocycles. The van der Waals surface area contributed by atoms with E-state index in [0.29, 0.717) is 11.0 Å². The summed E-state index contributed by atoms with van der Waals surface area (Å²) in [5.74, 6) is 0. The van der Waals surface area contributed by atoms with Crippen molar-refractivity contribution in [1.29, 1.82) is 0 Å². The van der Waals surface area contributed by atoms with Gasteiger partial charge in [-0.1, -0.05) is 36.4 Å². The van der Waals surface area contributed by atoms with Crippen LogP contribution in [0.2, 0.25) is 0 Å². The zero-order chi connectivity index (χ0) is 19.0. The molecular weight excluding hydrogens is 362 g/mol. The molecule has 3 aromatic carbocycles. The van der Waals surface area contributed by atoms with Crippen LogP contribution in [0.25, 0.3) is 60.2 Å². The topological polar surface area (TPSA) is 47.4 Å². The van der Waals surface area contributed by atoms with E-state index in [2.05, 4.69) is 18.2 Å². The van der Waals surface area contributed by atoms with Gasteiger partial charge in [-0.05, 0) is 30.3 Å². The minimum absolute atomic E-state index is 0.0911. The number of benzene rings is 3. The van der Waals surface area contributed by atoms with Gasteiger partial charge < -0.3 is 0 Å². The number of para-hydroxylation sites is 2. The molecule has 0 fully saturated rings. The van der Waals surface area contributed by atoms with E-state index in [4.69, 9.17) is 0 Å². The third-order valence-electron chi connectivity index (χ3n) is 6.51. The summed E-state index contributed by atoms with van der Waals surface area (Å²) >= 11 is 0. The molecule has 5 nitrogen and oxygen atoms in total. The molecule has 8 aromatic rings. The number of hydrogen-bond acceptors (Lipinski definition) is 2. The second-order valence-electron chi connectivity index (χ2n) is 7.77. The predicted molar refractivity (Wildman–Crippen MR) is 115 cm³/mol. The molecule has 0 spiro atoms. The number of nitrogens with zero attached hydrogens (tertiary/aromatic N) is 3. The fourth-order valence-electron chi connectivity index (χ4n) is 5.42. The summed E-state index contributed by atoms with van der Waals surface area (Å²) in [6.07, 6.45) is 0. The van der Waals surface area contributed by atoms with Crippen molar-refractivity contribution in [2.75, 3.05) is 0 Å². The fourth-order valence-corrected chi connectivity index (χ4v) is 5.42. The van der Waals surface area contributed by atoms with Gasteiger partial charge in [-0.15, -0.1) is 0 Å². The van der Waals surface area contributed by atoms with E-state index in [9.17, 15) is 9.59 Å². The van der Waals surface area contributed by atoms with Crippen molar-refractivity contribution in [3.63, 3.8) is 0 Å². The molecular formula is C24H11N3O2. The molecule has 0 atom stereocenters. The van der Waals surface area contributed by atoms with Crippen LogP contribution in [0.4, 0.5) is 0 Å². The highest BCUT2D eigenvalue weighted by molar-refractivity contribution is 6.26. The maximum atomic E-state index is 13.4. The van der Waals surface area contributed by atoms with Crippen molar-refractivity contribution >= 4 is 60.2 Å². The van der Waals surface area contributed by atoms with Crippen LogP contribution >= 0.6 is 0 Å². The third-order valence-corrected chi connectivity index (χ3v) is 6.51. The van der Waals surface area contributed by atoms with Crippen molar-refractivity contribution in [3.05, 3.63) is 87.4 Å². The molecule has 0 saturated carbocycles. The van der Waals surface area contributed by atoms with E-state index in [0.717, 1.165) is 49.1 Å². The van der Waals surface area contributed by atoms with Crippen LogP contribution < -0.4 is 11.1 Å². The maximum absolute atomic E-state index is 13.4. The molecule has 0 aliphatic carbocycles. The first-order chi connectivity index (χ1) is 14.3. The van der Waals surface area contributed by atoms with Crippen LogP contribution in [0.5, 0.6) is 0 Å². The zero-order valence-corrected chi connectivity index (χ0v) is 15.0. The smallest absolute Gasteiger partial charge is 0.279 e. The van der Waals surface area contributed by atoms with Crippen molar-refractivity contribution in [3.8, 4) is 0 Å². The lowest BCUT2D eigenvalue weighted by molar-refractivity contribution is 1.10. The predicted octanol–water partition coefficient (Wildman–Crippen LogP) is 4.09. The van der Waals surface area contributed by atoms with Gasteiger partial charge >= 0.3 is 0 Å². The molecule has 0 radical (unpaired) electrons. The number of fused-ring (bicyclic) bond motifs is 6. The second-order valence-corrected chi connectivity index (χ2v) is 7.77. The quantitative estimate of drug-likeness (QED) is 0.402. The molecule has 0 N–H and O–H groups in total. The lowest BCUT2D eigenvalue weighted by Gasteiger charge is -2.11. The van der Waals surface area contributed by atoms with Crippen molar-refractivity contribution in [1.82, 2.24) is 13.2 Å². The van der Waals surface area contributed by atoms with Crippen molar-refractivity contribution in [2.45, 2.75) is 0 Å². The molecule has 5 aromatic heterocycles. The van der Waals surface area contributed by atoms with Crippen molar-refractivity contribution < 1.29 is 0 Å². The van der Waals surface area contributed by atoms with E-state index in [1.807, 2.05) is 49.6 Å². The van der Waals surface area contributed by atoms with Crippen LogP contribution in [0.1, 0.15) is 0 Å². The first kappa shape index (κ1) is 14.0. The van der Waals surface area contributed by atoms with Crippen LogP contribution in [0.3, 0.4) is 0 Å². The Morgan fingerprint density at radius 2 is 0.931 bits per heavy atom. The lowest BCUT2D eigenvalue weighted by atomic mass is 10.1. The first-order valence-electron chi connectivity index (χ1n) is 9.56. The molecule has 8 rings (SSSR count). The highest BCUT2D eigenvalue weighted by Gasteiger charge is 2.26. The molecule has 29 heavy (non-hydrogen) atoms. The lowest BCUT2D eigenvalue weighted by Crippen LogP contribution is -2.21. The summed E-state index contributed by atoms with van der Waals surface area (Å²) in [4.78, 5) is 26.9. The summed E-state index contributed by atoms with van der Waals surface area (Å²) in [6, 6.07) is 21.7. The van der Waals surface area contributed by atoms with Crippen LogP contribution in [-0.2, 0) is 0 Å². The number of hydrogen-bond donors (Lipinski definition) is 0. The summed E-state index contributed by atoms with van der Waals surface area (Å²) < 4.78 is 5.50. The van der Waals surface area contributed by atoms with Gasteiger partial charge in [0, 0.05) is 21.5 Å². The molecule has 0 bridgehead atoms. The first-order valence-corrected chi connectivity index (χ1v) is 9.56. The van der Waals surface area contributed by atoms with Gasteiger partial charge in [0.05, 0.1) is 27.6 Å². The summed E-state index contributed by atoms with van der Waals surface area (Å²) in [5.41, 5.74) is 5.38.